The molecule has 0 N–H and O–H groups in total. The van der Waals surface area contributed by atoms with Gasteiger partial charge in [-0.2, -0.15) is 0 Å². The highest BCUT2D eigenvalue weighted by molar-refractivity contribution is 6.01. The molecule has 2 rings (SSSR count). The molecule has 1 heterocycles. The van der Waals surface area contributed by atoms with Crippen LogP contribution in [-0.4, -0.2) is 38.4 Å². The van der Waals surface area contributed by atoms with Gasteiger partial charge in [0.15, 0.2) is 0 Å². The first-order valence-electron chi connectivity index (χ1n) is 8.36. The van der Waals surface area contributed by atoms with E-state index in [1.807, 2.05) is 0 Å². The van der Waals surface area contributed by atoms with Gasteiger partial charge in [-0.3, -0.25) is 0 Å². The topological polar surface area (TPSA) is 71.1 Å². The van der Waals surface area contributed by atoms with Crippen molar-refractivity contribution in [2.75, 3.05) is 26.4 Å². The lowest BCUT2D eigenvalue weighted by molar-refractivity contribution is -0.138. The molecule has 138 valence electrons. The maximum atomic E-state index is 12.3. The van der Waals surface area contributed by atoms with Crippen molar-refractivity contribution in [3.63, 3.8) is 0 Å². The fourth-order valence-electron chi connectivity index (χ4n) is 2.33. The predicted octanol–water partition coefficient (Wildman–Crippen LogP) is 3.08. The fraction of sp³-hybridized carbons (Fsp3) is 0.300. The lowest BCUT2D eigenvalue weighted by Crippen LogP contribution is -2.14. The Labute approximate surface area is 152 Å². The van der Waals surface area contributed by atoms with E-state index in [-0.39, 0.29) is 25.4 Å². The molecule has 0 spiro atoms. The van der Waals surface area contributed by atoms with Crippen LogP contribution in [0.15, 0.2) is 48.1 Å². The summed E-state index contributed by atoms with van der Waals surface area (Å²) in [4.78, 5) is 24.2. The van der Waals surface area contributed by atoms with Crippen LogP contribution in [0.2, 0.25) is 0 Å². The third-order valence-corrected chi connectivity index (χ3v) is 3.46. The normalized spacial score (nSPS) is 14.4. The average molecular weight is 358 g/mol. The summed E-state index contributed by atoms with van der Waals surface area (Å²) in [6.45, 7) is 7.91. The third-order valence-electron chi connectivity index (χ3n) is 3.46. The molecular weight excluding hydrogens is 336 g/mol. The van der Waals surface area contributed by atoms with Gasteiger partial charge in [0.05, 0.1) is 18.8 Å². The van der Waals surface area contributed by atoms with Gasteiger partial charge in [0.1, 0.15) is 24.7 Å². The second kappa shape index (κ2) is 9.46. The van der Waals surface area contributed by atoms with Gasteiger partial charge < -0.3 is 18.9 Å². The van der Waals surface area contributed by atoms with E-state index in [0.29, 0.717) is 29.2 Å². The Kier molecular flexibility index (Phi) is 7.02. The zero-order chi connectivity index (χ0) is 18.9. The number of ether oxygens (including phenoxy) is 4. The van der Waals surface area contributed by atoms with Gasteiger partial charge >= 0.3 is 11.9 Å². The maximum Gasteiger partial charge on any atom is 0.338 e. The van der Waals surface area contributed by atoms with E-state index in [0.717, 1.165) is 0 Å². The highest BCUT2D eigenvalue weighted by atomic mass is 16.5. The van der Waals surface area contributed by atoms with Crippen molar-refractivity contribution in [3.8, 4) is 11.5 Å². The summed E-state index contributed by atoms with van der Waals surface area (Å²) in [5.74, 6) is 0.0990. The lowest BCUT2D eigenvalue weighted by Gasteiger charge is -2.10. The summed E-state index contributed by atoms with van der Waals surface area (Å²) < 4.78 is 21.3. The van der Waals surface area contributed by atoms with Crippen molar-refractivity contribution in [3.05, 3.63) is 53.6 Å². The summed E-state index contributed by atoms with van der Waals surface area (Å²) in [5, 5.41) is 0. The largest absolute Gasteiger partial charge is 0.489 e. The van der Waals surface area contributed by atoms with Gasteiger partial charge in [-0.15, -0.1) is 0 Å². The Morgan fingerprint density at radius 3 is 2.69 bits per heavy atom. The van der Waals surface area contributed by atoms with Crippen molar-refractivity contribution in [1.29, 1.82) is 0 Å². The van der Waals surface area contributed by atoms with E-state index < -0.39 is 11.9 Å². The highest BCUT2D eigenvalue weighted by Gasteiger charge is 2.22. The molecule has 6 heteroatoms. The number of rotatable bonds is 7. The van der Waals surface area contributed by atoms with E-state index in [1.54, 1.807) is 44.2 Å². The molecule has 0 amide bonds. The molecule has 0 aliphatic carbocycles. The zero-order valence-corrected chi connectivity index (χ0v) is 14.9. The molecule has 0 unspecified atom stereocenters. The molecule has 6 nitrogen and oxygen atoms in total. The summed E-state index contributed by atoms with van der Waals surface area (Å²) in [6.07, 6.45) is 4.54. The average Bonchev–Trinajstić information content (AvgIpc) is 2.80. The first-order chi connectivity index (χ1) is 12.6. The Bertz CT molecular complexity index is 745. The van der Waals surface area contributed by atoms with Crippen molar-refractivity contribution in [2.24, 2.45) is 0 Å². The quantitative estimate of drug-likeness (QED) is 0.424. The molecule has 0 aromatic heterocycles. The van der Waals surface area contributed by atoms with Crippen LogP contribution in [0.5, 0.6) is 11.5 Å². The minimum Gasteiger partial charge on any atom is -0.489 e. The van der Waals surface area contributed by atoms with Crippen LogP contribution in [0.3, 0.4) is 0 Å². The van der Waals surface area contributed by atoms with Crippen molar-refractivity contribution in [2.45, 2.75) is 13.8 Å². The molecule has 0 fully saturated rings. The summed E-state index contributed by atoms with van der Waals surface area (Å²) in [7, 11) is 0. The molecule has 0 saturated carbocycles. The van der Waals surface area contributed by atoms with Gasteiger partial charge in [0.25, 0.3) is 0 Å². The van der Waals surface area contributed by atoms with Crippen LogP contribution >= 0.6 is 0 Å². The SMILES string of the molecule is C=CCOc1ccc2c(c1)OC/C(=C\C(=O)OCC)C(C(=O)OCC)=C2. The van der Waals surface area contributed by atoms with Crippen molar-refractivity contribution >= 4 is 18.0 Å². The minimum atomic E-state index is -0.540. The summed E-state index contributed by atoms with van der Waals surface area (Å²) in [6, 6.07) is 5.27. The van der Waals surface area contributed by atoms with Crippen LogP contribution in [0.1, 0.15) is 19.4 Å². The number of hydrogen-bond acceptors (Lipinski definition) is 6. The standard InChI is InChI=1S/C20H22O6/c1-4-9-25-16-8-7-14-10-17(20(22)24-6-3)15(11-19(21)23-5-2)13-26-18(14)12-16/h4,7-8,10-12H,1,5-6,9,13H2,2-3H3/b15-11+. The molecule has 1 aromatic rings. The van der Waals surface area contributed by atoms with Gasteiger partial charge in [-0.1, -0.05) is 12.7 Å². The molecule has 1 aromatic carbocycles. The fourth-order valence-corrected chi connectivity index (χ4v) is 2.33. The number of esters is 2. The number of carbonyl (C=O) groups excluding carboxylic acids is 2. The van der Waals surface area contributed by atoms with E-state index in [1.165, 1.54) is 6.08 Å². The number of hydrogen-bond donors (Lipinski definition) is 0. The molecule has 0 radical (unpaired) electrons. The van der Waals surface area contributed by atoms with Crippen LogP contribution in [0, 0.1) is 0 Å². The second-order valence-electron chi connectivity index (χ2n) is 5.29. The minimum absolute atomic E-state index is 0.0291. The summed E-state index contributed by atoms with van der Waals surface area (Å²) in [5.41, 5.74) is 1.34. The number of benzene rings is 1. The Balaban J connectivity index is 2.40. The van der Waals surface area contributed by atoms with E-state index in [4.69, 9.17) is 18.9 Å². The first kappa shape index (κ1) is 19.3. The van der Waals surface area contributed by atoms with E-state index in [2.05, 4.69) is 6.58 Å². The molecular formula is C20H22O6. The van der Waals surface area contributed by atoms with Gasteiger partial charge in [0, 0.05) is 23.3 Å². The molecule has 1 aliphatic heterocycles. The maximum absolute atomic E-state index is 12.3. The monoisotopic (exact) mass is 358 g/mol. The van der Waals surface area contributed by atoms with Crippen molar-refractivity contribution < 1.29 is 28.5 Å². The smallest absolute Gasteiger partial charge is 0.338 e. The molecule has 0 atom stereocenters. The van der Waals surface area contributed by atoms with Crippen LogP contribution < -0.4 is 9.47 Å². The molecule has 0 saturated heterocycles. The first-order valence-corrected chi connectivity index (χ1v) is 8.36. The summed E-state index contributed by atoms with van der Waals surface area (Å²) >= 11 is 0. The lowest BCUT2D eigenvalue weighted by atomic mass is 10.0. The van der Waals surface area contributed by atoms with Crippen LogP contribution in [0.4, 0.5) is 0 Å². The predicted molar refractivity (Wildman–Crippen MR) is 97.0 cm³/mol. The van der Waals surface area contributed by atoms with Gasteiger partial charge in [-0.05, 0) is 32.1 Å². The van der Waals surface area contributed by atoms with Crippen LogP contribution in [-0.2, 0) is 19.1 Å². The number of carbonyl (C=O) groups is 2. The Morgan fingerprint density at radius 2 is 2.00 bits per heavy atom. The second-order valence-corrected chi connectivity index (χ2v) is 5.29. The van der Waals surface area contributed by atoms with E-state index >= 15 is 0 Å². The Hall–Kier alpha value is -3.02. The Morgan fingerprint density at radius 1 is 1.23 bits per heavy atom. The van der Waals surface area contributed by atoms with Crippen molar-refractivity contribution in [1.82, 2.24) is 0 Å². The van der Waals surface area contributed by atoms with E-state index in [9.17, 15) is 9.59 Å². The molecule has 1 aliphatic rings. The highest BCUT2D eigenvalue weighted by Crippen LogP contribution is 2.32. The molecule has 0 bridgehead atoms. The number of fused-ring (bicyclic) bond motifs is 1. The van der Waals surface area contributed by atoms with Crippen LogP contribution in [0.25, 0.3) is 6.08 Å². The van der Waals surface area contributed by atoms with Gasteiger partial charge in [-0.25, -0.2) is 9.59 Å². The van der Waals surface area contributed by atoms with Gasteiger partial charge in [0.2, 0.25) is 0 Å². The zero-order valence-electron chi connectivity index (χ0n) is 14.9. The third kappa shape index (κ3) is 4.99. The molecule has 26 heavy (non-hydrogen) atoms.